The number of hydrogen-bond acceptors (Lipinski definition) is 3. The molecule has 2 aromatic rings. The molecule has 2 rings (SSSR count). The van der Waals surface area contributed by atoms with Gasteiger partial charge < -0.3 is 9.84 Å². The fraction of sp³-hybridized carbons (Fsp3) is 0.167. The fourth-order valence-electron chi connectivity index (χ4n) is 1.53. The van der Waals surface area contributed by atoms with Gasteiger partial charge in [0, 0.05) is 5.56 Å². The molecule has 0 saturated carbocycles. The fourth-order valence-corrected chi connectivity index (χ4v) is 2.21. The highest BCUT2D eigenvalue weighted by Crippen LogP contribution is 2.31. The maximum atomic E-state index is 13.1. The van der Waals surface area contributed by atoms with E-state index in [1.54, 1.807) is 6.07 Å². The van der Waals surface area contributed by atoms with Crippen molar-refractivity contribution in [2.75, 3.05) is 7.11 Å². The zero-order valence-electron chi connectivity index (χ0n) is 8.68. The largest absolute Gasteiger partial charge is 0.496 e. The van der Waals surface area contributed by atoms with Gasteiger partial charge in [-0.3, -0.25) is 0 Å². The third-order valence-electron chi connectivity index (χ3n) is 2.35. The molecule has 0 radical (unpaired) electrons. The van der Waals surface area contributed by atoms with Gasteiger partial charge >= 0.3 is 0 Å². The molecule has 0 unspecified atom stereocenters. The Kier molecular flexibility index (Phi) is 3.22. The second-order valence-electron chi connectivity index (χ2n) is 3.35. The summed E-state index contributed by atoms with van der Waals surface area (Å²) in [5.41, 5.74) is 1.19. The van der Waals surface area contributed by atoms with Gasteiger partial charge in [-0.1, -0.05) is 0 Å². The molecule has 0 saturated heterocycles. The molecule has 0 bridgehead atoms. The first-order valence-corrected chi connectivity index (χ1v) is 5.70. The molecule has 0 amide bonds. The van der Waals surface area contributed by atoms with E-state index in [9.17, 15) is 9.50 Å². The topological polar surface area (TPSA) is 29.5 Å². The predicted molar refractivity (Wildman–Crippen MR) is 61.3 cm³/mol. The lowest BCUT2D eigenvalue weighted by Crippen LogP contribution is -2.01. The van der Waals surface area contributed by atoms with E-state index >= 15 is 0 Å². The molecule has 1 atom stereocenters. The Morgan fingerprint density at radius 3 is 2.81 bits per heavy atom. The van der Waals surface area contributed by atoms with Crippen molar-refractivity contribution in [3.63, 3.8) is 0 Å². The number of ether oxygens (including phenoxy) is 1. The van der Waals surface area contributed by atoms with Crippen molar-refractivity contribution in [3.8, 4) is 5.75 Å². The van der Waals surface area contributed by atoms with Crippen LogP contribution in [0.4, 0.5) is 4.39 Å². The van der Waals surface area contributed by atoms with Gasteiger partial charge in [0.2, 0.25) is 0 Å². The zero-order chi connectivity index (χ0) is 11.5. The quantitative estimate of drug-likeness (QED) is 0.890. The molecule has 4 heteroatoms. The van der Waals surface area contributed by atoms with E-state index in [2.05, 4.69) is 0 Å². The Morgan fingerprint density at radius 2 is 2.19 bits per heavy atom. The maximum absolute atomic E-state index is 13.1. The monoisotopic (exact) mass is 238 g/mol. The van der Waals surface area contributed by atoms with Gasteiger partial charge in [-0.15, -0.1) is 0 Å². The molecule has 0 fully saturated rings. The lowest BCUT2D eigenvalue weighted by molar-refractivity contribution is 0.214. The van der Waals surface area contributed by atoms with Crippen molar-refractivity contribution in [1.82, 2.24) is 0 Å². The van der Waals surface area contributed by atoms with Gasteiger partial charge in [-0.2, -0.15) is 11.3 Å². The number of aliphatic hydroxyl groups excluding tert-OH is 1. The van der Waals surface area contributed by atoms with Gasteiger partial charge in [0.1, 0.15) is 17.7 Å². The van der Waals surface area contributed by atoms with Crippen molar-refractivity contribution < 1.29 is 14.2 Å². The third-order valence-corrected chi connectivity index (χ3v) is 3.05. The summed E-state index contributed by atoms with van der Waals surface area (Å²) in [5, 5.41) is 13.8. The summed E-state index contributed by atoms with van der Waals surface area (Å²) in [6.45, 7) is 0. The lowest BCUT2D eigenvalue weighted by Gasteiger charge is -2.13. The first-order chi connectivity index (χ1) is 7.72. The van der Waals surface area contributed by atoms with Crippen LogP contribution in [0.2, 0.25) is 0 Å². The number of aliphatic hydroxyl groups is 1. The zero-order valence-corrected chi connectivity index (χ0v) is 9.50. The predicted octanol–water partition coefficient (Wildman–Crippen LogP) is 2.98. The second-order valence-corrected chi connectivity index (χ2v) is 4.13. The van der Waals surface area contributed by atoms with Crippen LogP contribution in [0, 0.1) is 5.82 Å². The molecular weight excluding hydrogens is 227 g/mol. The van der Waals surface area contributed by atoms with Crippen LogP contribution < -0.4 is 4.74 Å². The Morgan fingerprint density at radius 1 is 1.38 bits per heavy atom. The van der Waals surface area contributed by atoms with Crippen molar-refractivity contribution in [2.45, 2.75) is 6.10 Å². The van der Waals surface area contributed by atoms with Gasteiger partial charge in [0.05, 0.1) is 7.11 Å². The molecule has 16 heavy (non-hydrogen) atoms. The van der Waals surface area contributed by atoms with E-state index in [0.717, 1.165) is 5.56 Å². The molecular formula is C12H11FO2S. The highest BCUT2D eigenvalue weighted by atomic mass is 32.1. The minimum absolute atomic E-state index is 0.384. The Bertz CT molecular complexity index is 468. The second kappa shape index (κ2) is 4.63. The smallest absolute Gasteiger partial charge is 0.125 e. The molecule has 1 aromatic heterocycles. The summed E-state index contributed by atoms with van der Waals surface area (Å²) >= 11 is 1.49. The van der Waals surface area contributed by atoms with Gasteiger partial charge in [-0.05, 0) is 40.6 Å². The molecule has 0 aliphatic heterocycles. The molecule has 0 spiro atoms. The normalized spacial score (nSPS) is 12.4. The Labute approximate surface area is 96.9 Å². The van der Waals surface area contributed by atoms with E-state index in [0.29, 0.717) is 11.3 Å². The summed E-state index contributed by atoms with van der Waals surface area (Å²) in [6.07, 6.45) is -0.850. The van der Waals surface area contributed by atoms with Crippen molar-refractivity contribution in [3.05, 3.63) is 52.0 Å². The minimum Gasteiger partial charge on any atom is -0.496 e. The minimum atomic E-state index is -0.850. The Hall–Kier alpha value is -1.39. The number of rotatable bonds is 3. The lowest BCUT2D eigenvalue weighted by atomic mass is 10.0. The summed E-state index contributed by atoms with van der Waals surface area (Å²) < 4.78 is 18.2. The molecule has 1 N–H and O–H groups in total. The van der Waals surface area contributed by atoms with Crippen molar-refractivity contribution in [2.24, 2.45) is 0 Å². The molecule has 0 aliphatic carbocycles. The van der Waals surface area contributed by atoms with Crippen LogP contribution in [0.25, 0.3) is 0 Å². The number of halogens is 1. The molecule has 1 heterocycles. The van der Waals surface area contributed by atoms with E-state index in [1.165, 1.54) is 36.6 Å². The van der Waals surface area contributed by atoms with Crippen LogP contribution >= 0.6 is 11.3 Å². The van der Waals surface area contributed by atoms with Gasteiger partial charge in [-0.25, -0.2) is 4.39 Å². The van der Waals surface area contributed by atoms with Crippen LogP contribution in [0.5, 0.6) is 5.75 Å². The summed E-state index contributed by atoms with van der Waals surface area (Å²) in [6, 6.07) is 5.92. The highest BCUT2D eigenvalue weighted by molar-refractivity contribution is 7.07. The molecule has 1 aromatic carbocycles. The average molecular weight is 238 g/mol. The standard InChI is InChI=1S/C12H11FO2S/c1-15-11-3-2-9(13)6-10(11)12(14)8-4-5-16-7-8/h2-7,12,14H,1H3/t12-/m0/s1. The number of benzene rings is 1. The summed E-state index contributed by atoms with van der Waals surface area (Å²) in [4.78, 5) is 0. The molecule has 84 valence electrons. The van der Waals surface area contributed by atoms with Crippen molar-refractivity contribution >= 4 is 11.3 Å². The molecule has 2 nitrogen and oxygen atoms in total. The summed E-state index contributed by atoms with van der Waals surface area (Å²) in [5.74, 6) is 0.102. The number of hydrogen-bond donors (Lipinski definition) is 1. The van der Waals surface area contributed by atoms with Crippen molar-refractivity contribution in [1.29, 1.82) is 0 Å². The number of methoxy groups -OCH3 is 1. The highest BCUT2D eigenvalue weighted by Gasteiger charge is 2.16. The summed E-state index contributed by atoms with van der Waals surface area (Å²) in [7, 11) is 1.50. The maximum Gasteiger partial charge on any atom is 0.125 e. The van der Waals surface area contributed by atoms with E-state index in [1.807, 2.05) is 10.8 Å². The van der Waals surface area contributed by atoms with Crippen LogP contribution in [0.15, 0.2) is 35.0 Å². The van der Waals surface area contributed by atoms with E-state index in [4.69, 9.17) is 4.74 Å². The van der Waals surface area contributed by atoms with Crippen LogP contribution in [-0.2, 0) is 0 Å². The van der Waals surface area contributed by atoms with Gasteiger partial charge in [0.15, 0.2) is 0 Å². The first kappa shape index (κ1) is 11.1. The molecule has 0 aliphatic rings. The Balaban J connectivity index is 2.42. The van der Waals surface area contributed by atoms with Crippen LogP contribution in [-0.4, -0.2) is 12.2 Å². The van der Waals surface area contributed by atoms with Crippen LogP contribution in [0.3, 0.4) is 0 Å². The third kappa shape index (κ3) is 2.08. The van der Waals surface area contributed by atoms with E-state index in [-0.39, 0.29) is 5.82 Å². The first-order valence-electron chi connectivity index (χ1n) is 4.76. The average Bonchev–Trinajstić information content (AvgIpc) is 2.81. The SMILES string of the molecule is COc1ccc(F)cc1[C@@H](O)c1ccsc1. The van der Waals surface area contributed by atoms with Gasteiger partial charge in [0.25, 0.3) is 0 Å². The van der Waals surface area contributed by atoms with Crippen LogP contribution in [0.1, 0.15) is 17.2 Å². The van der Waals surface area contributed by atoms with E-state index < -0.39 is 6.10 Å². The number of thiophene rings is 1.